The number of carbonyl (C=O) groups excluding carboxylic acids is 1. The van der Waals surface area contributed by atoms with Gasteiger partial charge in [-0.25, -0.2) is 0 Å². The highest BCUT2D eigenvalue weighted by molar-refractivity contribution is 5.91. The van der Waals surface area contributed by atoms with Crippen molar-refractivity contribution in [2.75, 3.05) is 19.6 Å². The predicted molar refractivity (Wildman–Crippen MR) is 104 cm³/mol. The molecule has 1 aliphatic carbocycles. The molecule has 142 valence electrons. The molecule has 1 saturated carbocycles. The van der Waals surface area contributed by atoms with E-state index in [4.69, 9.17) is 0 Å². The molecule has 0 bridgehead atoms. The SMILES string of the molecule is Cn1cc(CN2CCC3(CC2)C(=O)N(CC2CC2)C3c2ccccc2)cn1. The summed E-state index contributed by atoms with van der Waals surface area (Å²) in [5.41, 5.74) is 2.39. The highest BCUT2D eigenvalue weighted by Crippen LogP contribution is 2.57. The Morgan fingerprint density at radius 3 is 2.52 bits per heavy atom. The summed E-state index contributed by atoms with van der Waals surface area (Å²) in [6.45, 7) is 3.86. The summed E-state index contributed by atoms with van der Waals surface area (Å²) in [7, 11) is 1.96. The van der Waals surface area contributed by atoms with Crippen LogP contribution >= 0.6 is 0 Å². The topological polar surface area (TPSA) is 41.4 Å². The summed E-state index contributed by atoms with van der Waals surface area (Å²) in [4.78, 5) is 17.9. The smallest absolute Gasteiger partial charge is 0.231 e. The molecule has 3 heterocycles. The van der Waals surface area contributed by atoms with Crippen molar-refractivity contribution < 1.29 is 4.79 Å². The average Bonchev–Trinajstić information content (AvgIpc) is 3.43. The minimum absolute atomic E-state index is 0.179. The fourth-order valence-electron chi connectivity index (χ4n) is 5.06. The summed E-state index contributed by atoms with van der Waals surface area (Å²) >= 11 is 0. The monoisotopic (exact) mass is 364 g/mol. The van der Waals surface area contributed by atoms with Crippen LogP contribution in [-0.4, -0.2) is 45.1 Å². The van der Waals surface area contributed by atoms with Crippen molar-refractivity contribution in [1.82, 2.24) is 19.6 Å². The number of rotatable bonds is 5. The number of hydrogen-bond acceptors (Lipinski definition) is 3. The molecule has 3 fully saturated rings. The summed E-state index contributed by atoms with van der Waals surface area (Å²) in [5.74, 6) is 1.15. The maximum atomic E-state index is 13.2. The van der Waals surface area contributed by atoms with Gasteiger partial charge in [-0.15, -0.1) is 0 Å². The van der Waals surface area contributed by atoms with Gasteiger partial charge >= 0.3 is 0 Å². The highest BCUT2D eigenvalue weighted by Gasteiger charge is 2.61. The van der Waals surface area contributed by atoms with Gasteiger partial charge in [0.05, 0.1) is 17.7 Å². The molecular weight excluding hydrogens is 336 g/mol. The fraction of sp³-hybridized carbons (Fsp3) is 0.545. The third kappa shape index (κ3) is 2.98. The summed E-state index contributed by atoms with van der Waals surface area (Å²) in [6, 6.07) is 11.0. The van der Waals surface area contributed by atoms with Crippen molar-refractivity contribution in [2.24, 2.45) is 18.4 Å². The molecule has 5 nitrogen and oxygen atoms in total. The van der Waals surface area contributed by atoms with Gasteiger partial charge < -0.3 is 4.90 Å². The van der Waals surface area contributed by atoms with E-state index < -0.39 is 0 Å². The van der Waals surface area contributed by atoms with Gasteiger partial charge in [-0.05, 0) is 50.3 Å². The lowest BCUT2D eigenvalue weighted by Gasteiger charge is -2.59. The van der Waals surface area contributed by atoms with Crippen molar-refractivity contribution in [3.63, 3.8) is 0 Å². The van der Waals surface area contributed by atoms with Crippen molar-refractivity contribution >= 4 is 5.91 Å². The van der Waals surface area contributed by atoms with Crippen LogP contribution in [0, 0.1) is 11.3 Å². The number of hydrogen-bond donors (Lipinski definition) is 0. The normalized spacial score (nSPS) is 25.0. The minimum Gasteiger partial charge on any atom is -0.334 e. The molecule has 2 saturated heterocycles. The molecule has 5 rings (SSSR count). The number of nitrogens with zero attached hydrogens (tertiary/aromatic N) is 4. The van der Waals surface area contributed by atoms with Gasteiger partial charge in [0.25, 0.3) is 0 Å². The number of β-lactam (4-membered cyclic amide) rings is 1. The molecule has 27 heavy (non-hydrogen) atoms. The zero-order valence-corrected chi connectivity index (χ0v) is 16.1. The number of carbonyl (C=O) groups is 1. The van der Waals surface area contributed by atoms with E-state index in [0.29, 0.717) is 5.91 Å². The Balaban J connectivity index is 1.32. The zero-order chi connectivity index (χ0) is 18.4. The van der Waals surface area contributed by atoms with Crippen LogP contribution < -0.4 is 0 Å². The number of aryl methyl sites for hydroxylation is 1. The Hall–Kier alpha value is -2.14. The molecule has 2 aromatic rings. The van der Waals surface area contributed by atoms with E-state index in [1.807, 2.05) is 17.9 Å². The number of piperidine rings is 1. The Bertz CT molecular complexity index is 818. The summed E-state index contributed by atoms with van der Waals surface area (Å²) in [6.07, 6.45) is 8.54. The molecule has 1 amide bonds. The largest absolute Gasteiger partial charge is 0.334 e. The van der Waals surface area contributed by atoms with Crippen LogP contribution in [0.15, 0.2) is 42.7 Å². The van der Waals surface area contributed by atoms with E-state index >= 15 is 0 Å². The van der Waals surface area contributed by atoms with Gasteiger partial charge in [-0.3, -0.25) is 14.4 Å². The zero-order valence-electron chi connectivity index (χ0n) is 16.1. The first-order chi connectivity index (χ1) is 13.2. The lowest BCUT2D eigenvalue weighted by molar-refractivity contribution is -0.181. The van der Waals surface area contributed by atoms with Crippen LogP contribution in [0.3, 0.4) is 0 Å². The minimum atomic E-state index is -0.179. The molecule has 0 radical (unpaired) electrons. The highest BCUT2D eigenvalue weighted by atomic mass is 16.2. The van der Waals surface area contributed by atoms with E-state index in [-0.39, 0.29) is 11.5 Å². The maximum absolute atomic E-state index is 13.2. The van der Waals surface area contributed by atoms with Crippen LogP contribution in [0.1, 0.15) is 42.9 Å². The molecule has 2 aliphatic heterocycles. The van der Waals surface area contributed by atoms with Crippen molar-refractivity contribution in [3.8, 4) is 0 Å². The Labute approximate surface area is 161 Å². The second kappa shape index (κ2) is 6.48. The molecule has 1 atom stereocenters. The standard InChI is InChI=1S/C22H28N4O/c1-24-14-18(13-23-24)15-25-11-9-22(10-12-25)20(19-5-3-2-4-6-19)26(21(22)27)16-17-7-8-17/h2-6,13-14,17,20H,7-12,15-16H2,1H3. The van der Waals surface area contributed by atoms with E-state index in [1.54, 1.807) is 0 Å². The van der Waals surface area contributed by atoms with Gasteiger partial charge in [0, 0.05) is 31.9 Å². The first kappa shape index (κ1) is 17.0. The molecular formula is C22H28N4O. The molecule has 1 unspecified atom stereocenters. The van der Waals surface area contributed by atoms with Gasteiger partial charge in [0.15, 0.2) is 0 Å². The fourth-order valence-corrected chi connectivity index (χ4v) is 5.06. The second-order valence-corrected chi connectivity index (χ2v) is 8.67. The molecule has 5 heteroatoms. The van der Waals surface area contributed by atoms with Gasteiger partial charge in [-0.2, -0.15) is 5.10 Å². The maximum Gasteiger partial charge on any atom is 0.231 e. The van der Waals surface area contributed by atoms with Crippen LogP contribution in [0.25, 0.3) is 0 Å². The Morgan fingerprint density at radius 1 is 1.15 bits per heavy atom. The predicted octanol–water partition coefficient (Wildman–Crippen LogP) is 3.00. The third-order valence-electron chi connectivity index (χ3n) is 6.70. The number of amides is 1. The number of benzene rings is 1. The third-order valence-corrected chi connectivity index (χ3v) is 6.70. The van der Waals surface area contributed by atoms with Crippen molar-refractivity contribution in [2.45, 2.75) is 38.3 Å². The lowest BCUT2D eigenvalue weighted by Crippen LogP contribution is -2.66. The van der Waals surface area contributed by atoms with Crippen molar-refractivity contribution in [3.05, 3.63) is 53.9 Å². The van der Waals surface area contributed by atoms with Crippen molar-refractivity contribution in [1.29, 1.82) is 0 Å². The van der Waals surface area contributed by atoms with Crippen LogP contribution in [0.2, 0.25) is 0 Å². The van der Waals surface area contributed by atoms with E-state index in [9.17, 15) is 4.79 Å². The average molecular weight is 364 g/mol. The number of aromatic nitrogens is 2. The van der Waals surface area contributed by atoms with E-state index in [1.165, 1.54) is 24.0 Å². The van der Waals surface area contributed by atoms with Crippen LogP contribution in [-0.2, 0) is 18.4 Å². The van der Waals surface area contributed by atoms with Gasteiger partial charge in [0.2, 0.25) is 5.91 Å². The molecule has 1 spiro atoms. The second-order valence-electron chi connectivity index (χ2n) is 8.67. The van der Waals surface area contributed by atoms with Gasteiger partial charge in [0.1, 0.15) is 0 Å². The molecule has 0 N–H and O–H groups in total. The Kier molecular flexibility index (Phi) is 4.08. The summed E-state index contributed by atoms with van der Waals surface area (Å²) in [5, 5.41) is 4.27. The Morgan fingerprint density at radius 2 is 1.89 bits per heavy atom. The van der Waals surface area contributed by atoms with Crippen LogP contribution in [0.4, 0.5) is 0 Å². The first-order valence-electron chi connectivity index (χ1n) is 10.2. The summed E-state index contributed by atoms with van der Waals surface area (Å²) < 4.78 is 1.86. The molecule has 1 aromatic carbocycles. The first-order valence-corrected chi connectivity index (χ1v) is 10.2. The lowest BCUT2D eigenvalue weighted by atomic mass is 9.62. The molecule has 3 aliphatic rings. The number of likely N-dealkylation sites (tertiary alicyclic amines) is 2. The molecule has 1 aromatic heterocycles. The van der Waals surface area contributed by atoms with E-state index in [2.05, 4.69) is 51.4 Å². The van der Waals surface area contributed by atoms with Crippen LogP contribution in [0.5, 0.6) is 0 Å². The quantitative estimate of drug-likeness (QED) is 0.766. The van der Waals surface area contributed by atoms with E-state index in [0.717, 1.165) is 44.9 Å². The van der Waals surface area contributed by atoms with Gasteiger partial charge in [-0.1, -0.05) is 30.3 Å².